The van der Waals surface area contributed by atoms with E-state index in [-0.39, 0.29) is 5.91 Å². The molecule has 0 aromatic heterocycles. The molecule has 6 nitrogen and oxygen atoms in total. The Hall–Kier alpha value is -2.86. The first-order valence-corrected chi connectivity index (χ1v) is 10.2. The molecule has 3 rings (SSSR count). The lowest BCUT2D eigenvalue weighted by molar-refractivity contribution is -0.116. The second-order valence-corrected chi connectivity index (χ2v) is 7.39. The first-order chi connectivity index (χ1) is 14.1. The van der Waals surface area contributed by atoms with Gasteiger partial charge in [-0.15, -0.1) is 0 Å². The van der Waals surface area contributed by atoms with Crippen LogP contribution in [0.3, 0.4) is 0 Å². The molecule has 1 saturated heterocycles. The van der Waals surface area contributed by atoms with E-state index >= 15 is 0 Å². The van der Waals surface area contributed by atoms with Gasteiger partial charge in [0.05, 0.1) is 17.9 Å². The molecule has 29 heavy (non-hydrogen) atoms. The highest BCUT2D eigenvalue weighted by atomic mass is 16.5. The highest BCUT2D eigenvalue weighted by molar-refractivity contribution is 6.02. The van der Waals surface area contributed by atoms with Crippen LogP contribution in [0.2, 0.25) is 0 Å². The summed E-state index contributed by atoms with van der Waals surface area (Å²) in [4.78, 5) is 26.1. The zero-order valence-electron chi connectivity index (χ0n) is 16.7. The molecule has 1 heterocycles. The van der Waals surface area contributed by atoms with E-state index in [1.807, 2.05) is 12.1 Å². The van der Waals surface area contributed by atoms with Gasteiger partial charge in [-0.3, -0.25) is 14.5 Å². The number of amides is 2. The maximum Gasteiger partial charge on any atom is 0.250 e. The molecular weight excluding hydrogens is 366 g/mol. The van der Waals surface area contributed by atoms with Crippen molar-refractivity contribution in [2.24, 2.45) is 5.73 Å². The first kappa shape index (κ1) is 20.9. The van der Waals surface area contributed by atoms with Crippen LogP contribution in [0, 0.1) is 0 Å². The van der Waals surface area contributed by atoms with Gasteiger partial charge >= 0.3 is 0 Å². The van der Waals surface area contributed by atoms with Gasteiger partial charge in [0, 0.05) is 13.0 Å². The number of hydrogen-bond acceptors (Lipinski definition) is 4. The Balaban J connectivity index is 1.41. The number of nitrogens with one attached hydrogen (secondary N) is 1. The summed E-state index contributed by atoms with van der Waals surface area (Å²) < 4.78 is 5.83. The van der Waals surface area contributed by atoms with Crippen molar-refractivity contribution in [2.75, 3.05) is 25.0 Å². The van der Waals surface area contributed by atoms with Crippen molar-refractivity contribution < 1.29 is 14.3 Å². The molecule has 1 aliphatic heterocycles. The quantitative estimate of drug-likeness (QED) is 0.636. The minimum Gasteiger partial charge on any atom is -0.494 e. The molecule has 0 aliphatic carbocycles. The van der Waals surface area contributed by atoms with Gasteiger partial charge in [0.1, 0.15) is 5.75 Å². The fourth-order valence-electron chi connectivity index (χ4n) is 3.55. The number of benzene rings is 2. The van der Waals surface area contributed by atoms with Gasteiger partial charge in [0.15, 0.2) is 0 Å². The van der Waals surface area contributed by atoms with Gasteiger partial charge in [-0.1, -0.05) is 30.7 Å². The van der Waals surface area contributed by atoms with Crippen molar-refractivity contribution in [3.63, 3.8) is 0 Å². The van der Waals surface area contributed by atoms with Crippen molar-refractivity contribution in [2.45, 2.75) is 38.6 Å². The number of carbonyl (C=O) groups excluding carboxylic acids is 2. The van der Waals surface area contributed by atoms with Crippen LogP contribution in [0.15, 0.2) is 48.5 Å². The second-order valence-electron chi connectivity index (χ2n) is 7.39. The number of para-hydroxylation sites is 1. The Morgan fingerprint density at radius 1 is 1.03 bits per heavy atom. The normalized spacial score (nSPS) is 14.3. The topological polar surface area (TPSA) is 84.7 Å². The number of primary amides is 1. The summed E-state index contributed by atoms with van der Waals surface area (Å²) in [7, 11) is 0. The Labute approximate surface area is 172 Å². The third-order valence-electron chi connectivity index (χ3n) is 5.04. The van der Waals surface area contributed by atoms with Gasteiger partial charge in [0.2, 0.25) is 5.91 Å². The van der Waals surface area contributed by atoms with E-state index < -0.39 is 5.91 Å². The number of nitrogens with two attached hydrogens (primary N) is 1. The lowest BCUT2D eigenvalue weighted by Gasteiger charge is -2.26. The number of anilines is 1. The molecule has 0 saturated carbocycles. The van der Waals surface area contributed by atoms with Crippen LogP contribution < -0.4 is 15.8 Å². The number of ether oxygens (including phenoxy) is 1. The Morgan fingerprint density at radius 3 is 2.62 bits per heavy atom. The summed E-state index contributed by atoms with van der Waals surface area (Å²) in [5, 5.41) is 2.74. The van der Waals surface area contributed by atoms with Gasteiger partial charge in [-0.2, -0.15) is 0 Å². The zero-order chi connectivity index (χ0) is 20.5. The van der Waals surface area contributed by atoms with Crippen molar-refractivity contribution >= 4 is 17.5 Å². The summed E-state index contributed by atoms with van der Waals surface area (Å²) in [6.07, 6.45) is 4.78. The Kier molecular flexibility index (Phi) is 7.64. The van der Waals surface area contributed by atoms with Crippen LogP contribution in [0.1, 0.15) is 48.0 Å². The third-order valence-corrected chi connectivity index (χ3v) is 5.04. The molecule has 2 aromatic carbocycles. The minimum absolute atomic E-state index is 0.166. The van der Waals surface area contributed by atoms with E-state index in [1.54, 1.807) is 24.3 Å². The Bertz CT molecular complexity index is 832. The number of nitrogens with zero attached hydrogens (tertiary/aromatic N) is 1. The first-order valence-electron chi connectivity index (χ1n) is 10.2. The van der Waals surface area contributed by atoms with Crippen LogP contribution in [-0.4, -0.2) is 36.4 Å². The maximum atomic E-state index is 12.1. The molecule has 3 N–H and O–H groups in total. The van der Waals surface area contributed by atoms with Gasteiger partial charge in [-0.25, -0.2) is 0 Å². The Morgan fingerprint density at radius 2 is 1.83 bits per heavy atom. The molecule has 0 unspecified atom stereocenters. The molecular formula is C23H29N3O3. The summed E-state index contributed by atoms with van der Waals surface area (Å²) in [6, 6.07) is 14.9. The largest absolute Gasteiger partial charge is 0.494 e. The van der Waals surface area contributed by atoms with E-state index in [2.05, 4.69) is 22.3 Å². The highest BCUT2D eigenvalue weighted by Gasteiger charge is 2.12. The zero-order valence-corrected chi connectivity index (χ0v) is 16.7. The summed E-state index contributed by atoms with van der Waals surface area (Å²) >= 11 is 0. The maximum absolute atomic E-state index is 12.1. The van der Waals surface area contributed by atoms with Crippen molar-refractivity contribution in [1.29, 1.82) is 0 Å². The molecule has 2 amide bonds. The van der Waals surface area contributed by atoms with Crippen molar-refractivity contribution in [1.82, 2.24) is 4.90 Å². The summed E-state index contributed by atoms with van der Waals surface area (Å²) in [5.41, 5.74) is 7.34. The molecule has 6 heteroatoms. The molecule has 0 bridgehead atoms. The third kappa shape index (κ3) is 6.61. The van der Waals surface area contributed by atoms with Gasteiger partial charge in [0.25, 0.3) is 5.91 Å². The highest BCUT2D eigenvalue weighted by Crippen LogP contribution is 2.18. The second kappa shape index (κ2) is 10.6. The number of rotatable bonds is 9. The lowest BCUT2D eigenvalue weighted by Crippen LogP contribution is -2.29. The van der Waals surface area contributed by atoms with Crippen LogP contribution in [0.4, 0.5) is 5.69 Å². The molecule has 0 radical (unpaired) electrons. The van der Waals surface area contributed by atoms with Crippen molar-refractivity contribution in [3.05, 3.63) is 59.7 Å². The van der Waals surface area contributed by atoms with Crippen molar-refractivity contribution in [3.8, 4) is 5.75 Å². The van der Waals surface area contributed by atoms with Crippen LogP contribution in [0.5, 0.6) is 5.75 Å². The molecule has 2 aromatic rings. The van der Waals surface area contributed by atoms with E-state index in [0.717, 1.165) is 12.3 Å². The predicted octanol–water partition coefficient (Wildman–Crippen LogP) is 3.57. The molecule has 1 aliphatic rings. The monoisotopic (exact) mass is 395 g/mol. The van der Waals surface area contributed by atoms with Crippen LogP contribution >= 0.6 is 0 Å². The average molecular weight is 396 g/mol. The number of likely N-dealkylation sites (tertiary alicyclic amines) is 1. The standard InChI is InChI=1S/C23H29N3O3/c24-23(28)20-10-2-3-11-21(20)25-22(27)12-7-15-29-19-9-6-8-18(16-19)17-26-13-4-1-5-14-26/h2-3,6,8-11,16H,1,4-5,7,12-15,17H2,(H2,24,28)(H,25,27). The predicted molar refractivity (Wildman–Crippen MR) is 114 cm³/mol. The van der Waals surface area contributed by atoms with E-state index in [1.165, 1.54) is 37.9 Å². The average Bonchev–Trinajstić information content (AvgIpc) is 2.72. The lowest BCUT2D eigenvalue weighted by atomic mass is 10.1. The van der Waals surface area contributed by atoms with Crippen LogP contribution in [0.25, 0.3) is 0 Å². The fourth-order valence-corrected chi connectivity index (χ4v) is 3.55. The van der Waals surface area contributed by atoms with Gasteiger partial charge < -0.3 is 15.8 Å². The summed E-state index contributed by atoms with van der Waals surface area (Å²) in [5.74, 6) is 0.105. The number of carbonyl (C=O) groups is 2. The molecule has 0 spiro atoms. The SMILES string of the molecule is NC(=O)c1ccccc1NC(=O)CCCOc1cccc(CN2CCCCC2)c1. The summed E-state index contributed by atoms with van der Waals surface area (Å²) in [6.45, 7) is 3.75. The number of piperidine rings is 1. The molecule has 1 fully saturated rings. The molecule has 0 atom stereocenters. The number of hydrogen-bond donors (Lipinski definition) is 2. The molecule has 154 valence electrons. The van der Waals surface area contributed by atoms with Gasteiger partial charge in [-0.05, 0) is 62.2 Å². The van der Waals surface area contributed by atoms with Crippen LogP contribution in [-0.2, 0) is 11.3 Å². The smallest absolute Gasteiger partial charge is 0.250 e. The van der Waals surface area contributed by atoms with E-state index in [4.69, 9.17) is 10.5 Å². The minimum atomic E-state index is -0.561. The van der Waals surface area contributed by atoms with E-state index in [0.29, 0.717) is 30.7 Å². The van der Waals surface area contributed by atoms with E-state index in [9.17, 15) is 9.59 Å². The fraction of sp³-hybridized carbons (Fsp3) is 0.391.